The second-order valence-electron chi connectivity index (χ2n) is 14.5. The van der Waals surface area contributed by atoms with E-state index in [1.165, 1.54) is 88.0 Å². The molecule has 0 heterocycles. The zero-order valence-electron chi connectivity index (χ0n) is 29.6. The van der Waals surface area contributed by atoms with Crippen molar-refractivity contribution >= 4 is 32.3 Å². The Morgan fingerprint density at radius 2 is 1.13 bits per heavy atom. The Bertz CT molecular complexity index is 2760. The summed E-state index contributed by atoms with van der Waals surface area (Å²) in [6.45, 7) is 0. The molecule has 2 aliphatic carbocycles. The van der Waals surface area contributed by atoms with Crippen molar-refractivity contribution < 1.29 is 0 Å². The molecule has 2 aliphatic rings. The van der Waals surface area contributed by atoms with Crippen LogP contribution in [0.25, 0.3) is 54.6 Å². The van der Waals surface area contributed by atoms with Gasteiger partial charge in [0.1, 0.15) is 0 Å². The fourth-order valence-corrected chi connectivity index (χ4v) is 9.28. The Kier molecular flexibility index (Phi) is 7.47. The first-order valence-electron chi connectivity index (χ1n) is 18.8. The molecule has 0 radical (unpaired) electrons. The molecule has 0 saturated heterocycles. The number of hydrogen-bond donors (Lipinski definition) is 1. The van der Waals surface area contributed by atoms with Crippen molar-refractivity contribution in [3.05, 3.63) is 227 Å². The van der Waals surface area contributed by atoms with Gasteiger partial charge in [0.05, 0.1) is 5.41 Å². The van der Waals surface area contributed by atoms with E-state index in [0.29, 0.717) is 0 Å². The summed E-state index contributed by atoms with van der Waals surface area (Å²) in [4.78, 5) is 0. The minimum atomic E-state index is -0.562. The number of rotatable bonds is 6. The SMILES string of the molecule is NC1=C(CCc2ccc3c(c2)C(c2ccccc2)(c2c4ccccc4c(-c4ccc5ccccc5c4)c4ccccc24)c2ccccc2-3)C=CCC=C1. The molecule has 1 unspecified atom stereocenters. The Balaban J connectivity index is 1.30. The standard InChI is InChI=1S/C52H39N/c53-49-26-6-1-3-16-37(49)29-27-35-28-32-42-41-20-13-14-25-47(41)52(48(42)33-35,40-18-4-2-5-19-40)51-45-23-11-9-21-43(45)50(44-22-10-12-24-46(44)51)39-31-30-36-15-7-8-17-38(36)34-39/h2-26,28,30-34H,1,27,29,53H2. The predicted octanol–water partition coefficient (Wildman–Crippen LogP) is 12.8. The minimum Gasteiger partial charge on any atom is -0.399 e. The average Bonchev–Trinajstić information content (AvgIpc) is 3.33. The van der Waals surface area contributed by atoms with E-state index in [4.69, 9.17) is 5.73 Å². The van der Waals surface area contributed by atoms with Crippen LogP contribution in [0.2, 0.25) is 0 Å². The molecule has 0 bridgehead atoms. The van der Waals surface area contributed by atoms with Gasteiger partial charge in [-0.15, -0.1) is 0 Å². The molecule has 10 rings (SSSR count). The van der Waals surface area contributed by atoms with Gasteiger partial charge in [-0.2, -0.15) is 0 Å². The lowest BCUT2D eigenvalue weighted by Crippen LogP contribution is -2.29. The number of allylic oxidation sites excluding steroid dienone is 5. The van der Waals surface area contributed by atoms with Crippen LogP contribution in [0.15, 0.2) is 199 Å². The Hall–Kier alpha value is -6.44. The first-order valence-corrected chi connectivity index (χ1v) is 18.8. The van der Waals surface area contributed by atoms with Crippen molar-refractivity contribution in [2.75, 3.05) is 0 Å². The van der Waals surface area contributed by atoms with Gasteiger partial charge in [-0.3, -0.25) is 0 Å². The van der Waals surface area contributed by atoms with Crippen LogP contribution in [-0.4, -0.2) is 0 Å². The van der Waals surface area contributed by atoms with Crippen molar-refractivity contribution in [2.45, 2.75) is 24.7 Å². The van der Waals surface area contributed by atoms with E-state index in [9.17, 15) is 0 Å². The topological polar surface area (TPSA) is 26.0 Å². The van der Waals surface area contributed by atoms with Crippen LogP contribution in [0, 0.1) is 0 Å². The largest absolute Gasteiger partial charge is 0.399 e. The molecule has 0 amide bonds. The normalized spacial score (nSPS) is 16.3. The fraction of sp³-hybridized carbons (Fsp3) is 0.0769. The van der Waals surface area contributed by atoms with Crippen LogP contribution in [0.4, 0.5) is 0 Å². The second-order valence-corrected chi connectivity index (χ2v) is 14.5. The summed E-state index contributed by atoms with van der Waals surface area (Å²) in [6.07, 6.45) is 11.3. The highest BCUT2D eigenvalue weighted by atomic mass is 14.6. The van der Waals surface area contributed by atoms with Gasteiger partial charge in [0.15, 0.2) is 0 Å². The molecule has 2 N–H and O–H groups in total. The molecule has 0 fully saturated rings. The molecule has 0 spiro atoms. The van der Waals surface area contributed by atoms with Crippen LogP contribution in [0.3, 0.4) is 0 Å². The van der Waals surface area contributed by atoms with E-state index in [-0.39, 0.29) is 0 Å². The summed E-state index contributed by atoms with van der Waals surface area (Å²) in [6, 6.07) is 61.4. The molecule has 53 heavy (non-hydrogen) atoms. The van der Waals surface area contributed by atoms with Gasteiger partial charge in [0.2, 0.25) is 0 Å². The van der Waals surface area contributed by atoms with Gasteiger partial charge in [-0.1, -0.05) is 176 Å². The highest BCUT2D eigenvalue weighted by molar-refractivity contribution is 6.17. The van der Waals surface area contributed by atoms with E-state index >= 15 is 0 Å². The molecule has 252 valence electrons. The van der Waals surface area contributed by atoms with Crippen LogP contribution in [0.5, 0.6) is 0 Å². The summed E-state index contributed by atoms with van der Waals surface area (Å²) >= 11 is 0. The zero-order valence-corrected chi connectivity index (χ0v) is 29.6. The van der Waals surface area contributed by atoms with Crippen LogP contribution in [0.1, 0.15) is 40.7 Å². The molecular weight excluding hydrogens is 639 g/mol. The highest BCUT2D eigenvalue weighted by Crippen LogP contribution is 2.59. The molecular formula is C52H39N. The van der Waals surface area contributed by atoms with Crippen molar-refractivity contribution in [1.82, 2.24) is 0 Å². The molecule has 1 nitrogen and oxygen atoms in total. The first kappa shape index (κ1) is 31.3. The first-order chi connectivity index (χ1) is 26.2. The Morgan fingerprint density at radius 3 is 1.92 bits per heavy atom. The van der Waals surface area contributed by atoms with Crippen LogP contribution in [-0.2, 0) is 11.8 Å². The van der Waals surface area contributed by atoms with Gasteiger partial charge in [0.25, 0.3) is 0 Å². The van der Waals surface area contributed by atoms with Gasteiger partial charge < -0.3 is 5.73 Å². The number of aryl methyl sites for hydroxylation is 1. The molecule has 0 aromatic heterocycles. The van der Waals surface area contributed by atoms with Gasteiger partial charge in [-0.25, -0.2) is 0 Å². The monoisotopic (exact) mass is 677 g/mol. The van der Waals surface area contributed by atoms with Gasteiger partial charge in [-0.05, 0) is 119 Å². The smallest absolute Gasteiger partial charge is 0.0725 e. The third-order valence-corrected chi connectivity index (χ3v) is 11.6. The van der Waals surface area contributed by atoms with E-state index in [0.717, 1.165) is 25.0 Å². The predicted molar refractivity (Wildman–Crippen MR) is 224 cm³/mol. The molecule has 0 aliphatic heterocycles. The number of nitrogens with two attached hydrogens (primary N) is 1. The third kappa shape index (κ3) is 4.92. The van der Waals surface area contributed by atoms with Crippen molar-refractivity contribution in [2.24, 2.45) is 5.73 Å². The summed E-state index contributed by atoms with van der Waals surface area (Å²) in [5.41, 5.74) is 19.8. The third-order valence-electron chi connectivity index (χ3n) is 11.6. The lowest BCUT2D eigenvalue weighted by Gasteiger charge is -2.36. The molecule has 1 heteroatoms. The molecule has 8 aromatic carbocycles. The summed E-state index contributed by atoms with van der Waals surface area (Å²) in [5, 5.41) is 7.60. The van der Waals surface area contributed by atoms with Crippen LogP contribution < -0.4 is 5.73 Å². The lowest BCUT2D eigenvalue weighted by atomic mass is 9.64. The van der Waals surface area contributed by atoms with Crippen molar-refractivity contribution in [3.63, 3.8) is 0 Å². The average molecular weight is 678 g/mol. The van der Waals surface area contributed by atoms with E-state index in [1.807, 2.05) is 0 Å². The maximum atomic E-state index is 6.51. The zero-order chi connectivity index (χ0) is 35.4. The maximum absolute atomic E-state index is 6.51. The maximum Gasteiger partial charge on any atom is 0.0725 e. The summed E-state index contributed by atoms with van der Waals surface area (Å²) in [7, 11) is 0. The van der Waals surface area contributed by atoms with Gasteiger partial charge >= 0.3 is 0 Å². The number of benzene rings is 8. The van der Waals surface area contributed by atoms with Crippen molar-refractivity contribution in [3.8, 4) is 22.3 Å². The Morgan fingerprint density at radius 1 is 0.491 bits per heavy atom. The lowest BCUT2D eigenvalue weighted by molar-refractivity contribution is 0.780. The van der Waals surface area contributed by atoms with E-state index < -0.39 is 5.41 Å². The quantitative estimate of drug-likeness (QED) is 0.174. The molecule has 0 saturated carbocycles. The van der Waals surface area contributed by atoms with E-state index in [2.05, 4.69) is 188 Å². The minimum absolute atomic E-state index is 0.562. The fourth-order valence-electron chi connectivity index (χ4n) is 9.28. The number of hydrogen-bond acceptors (Lipinski definition) is 1. The molecule has 8 aromatic rings. The summed E-state index contributed by atoms with van der Waals surface area (Å²) in [5.74, 6) is 0. The summed E-state index contributed by atoms with van der Waals surface area (Å²) < 4.78 is 0. The van der Waals surface area contributed by atoms with Gasteiger partial charge in [0, 0.05) is 5.70 Å². The highest BCUT2D eigenvalue weighted by Gasteiger charge is 2.48. The van der Waals surface area contributed by atoms with Crippen molar-refractivity contribution in [1.29, 1.82) is 0 Å². The number of fused-ring (bicyclic) bond motifs is 6. The van der Waals surface area contributed by atoms with E-state index in [1.54, 1.807) is 0 Å². The second kappa shape index (κ2) is 12.7. The molecule has 1 atom stereocenters. The Labute approximate surface area is 311 Å². The van der Waals surface area contributed by atoms with Crippen LogP contribution >= 0.6 is 0 Å².